The molecule has 19 heavy (non-hydrogen) atoms. The second-order valence-corrected chi connectivity index (χ2v) is 4.65. The van der Waals surface area contributed by atoms with Crippen molar-refractivity contribution in [2.45, 2.75) is 6.42 Å². The predicted molar refractivity (Wildman–Crippen MR) is 74.5 cm³/mol. The van der Waals surface area contributed by atoms with E-state index in [4.69, 9.17) is 16.0 Å². The van der Waals surface area contributed by atoms with Crippen molar-refractivity contribution in [3.63, 3.8) is 0 Å². The topological polar surface area (TPSA) is 43.1 Å². The highest BCUT2D eigenvalue weighted by Crippen LogP contribution is 2.16. The van der Waals surface area contributed by atoms with Crippen LogP contribution in [0.1, 0.15) is 11.1 Å². The van der Waals surface area contributed by atoms with E-state index in [1.807, 2.05) is 30.3 Å². The van der Waals surface area contributed by atoms with Gasteiger partial charge in [0, 0.05) is 23.6 Å². The van der Waals surface area contributed by atoms with Gasteiger partial charge >= 0.3 is 5.63 Å². The SMILES string of the molecule is O=c1oc2ccccc2cc1Cc1ccnc(Cl)c1. The monoisotopic (exact) mass is 271 g/mol. The molecule has 2 heterocycles. The van der Waals surface area contributed by atoms with E-state index in [9.17, 15) is 4.79 Å². The Morgan fingerprint density at radius 1 is 1.16 bits per heavy atom. The van der Waals surface area contributed by atoms with E-state index in [2.05, 4.69) is 4.98 Å². The lowest BCUT2D eigenvalue weighted by Crippen LogP contribution is -2.07. The largest absolute Gasteiger partial charge is 0.423 e. The fourth-order valence-electron chi connectivity index (χ4n) is 2.00. The van der Waals surface area contributed by atoms with Gasteiger partial charge in [-0.1, -0.05) is 29.8 Å². The first-order chi connectivity index (χ1) is 9.22. The van der Waals surface area contributed by atoms with Gasteiger partial charge in [-0.25, -0.2) is 9.78 Å². The molecule has 0 aliphatic carbocycles. The summed E-state index contributed by atoms with van der Waals surface area (Å²) in [7, 11) is 0. The van der Waals surface area contributed by atoms with Gasteiger partial charge in [0.1, 0.15) is 10.7 Å². The molecule has 0 saturated heterocycles. The van der Waals surface area contributed by atoms with E-state index in [1.165, 1.54) is 0 Å². The molecule has 0 spiro atoms. The quantitative estimate of drug-likeness (QED) is 0.530. The van der Waals surface area contributed by atoms with Crippen LogP contribution in [0.3, 0.4) is 0 Å². The van der Waals surface area contributed by atoms with Crippen molar-refractivity contribution >= 4 is 22.6 Å². The Morgan fingerprint density at radius 3 is 2.84 bits per heavy atom. The highest BCUT2D eigenvalue weighted by atomic mass is 35.5. The number of aromatic nitrogens is 1. The highest BCUT2D eigenvalue weighted by molar-refractivity contribution is 6.29. The number of para-hydroxylation sites is 1. The standard InChI is InChI=1S/C15H10ClNO2/c16-14-8-10(5-6-17-14)7-12-9-11-3-1-2-4-13(11)19-15(12)18/h1-6,8-9H,7H2. The number of fused-ring (bicyclic) bond motifs is 1. The number of halogens is 1. The Labute approximate surface area is 114 Å². The summed E-state index contributed by atoms with van der Waals surface area (Å²) in [6.45, 7) is 0. The molecule has 0 atom stereocenters. The highest BCUT2D eigenvalue weighted by Gasteiger charge is 2.06. The maximum absolute atomic E-state index is 11.9. The summed E-state index contributed by atoms with van der Waals surface area (Å²) in [5.74, 6) is 0. The number of hydrogen-bond acceptors (Lipinski definition) is 3. The lowest BCUT2D eigenvalue weighted by atomic mass is 10.1. The van der Waals surface area contributed by atoms with E-state index in [0.29, 0.717) is 22.7 Å². The fourth-order valence-corrected chi connectivity index (χ4v) is 2.20. The number of benzene rings is 1. The third-order valence-electron chi connectivity index (χ3n) is 2.90. The molecule has 0 saturated carbocycles. The lowest BCUT2D eigenvalue weighted by Gasteiger charge is -2.02. The average Bonchev–Trinajstić information content (AvgIpc) is 2.40. The maximum atomic E-state index is 11.9. The van der Waals surface area contributed by atoms with Gasteiger partial charge in [0.25, 0.3) is 0 Å². The molecule has 4 heteroatoms. The van der Waals surface area contributed by atoms with E-state index in [-0.39, 0.29) is 5.63 Å². The van der Waals surface area contributed by atoms with Crippen molar-refractivity contribution in [2.75, 3.05) is 0 Å². The summed E-state index contributed by atoms with van der Waals surface area (Å²) in [6, 6.07) is 12.9. The van der Waals surface area contributed by atoms with Crippen LogP contribution in [-0.4, -0.2) is 4.98 Å². The second kappa shape index (κ2) is 4.86. The summed E-state index contributed by atoms with van der Waals surface area (Å²) in [4.78, 5) is 15.8. The number of rotatable bonds is 2. The number of pyridine rings is 1. The van der Waals surface area contributed by atoms with E-state index < -0.39 is 0 Å². The van der Waals surface area contributed by atoms with Crippen LogP contribution in [0.4, 0.5) is 0 Å². The van der Waals surface area contributed by atoms with Gasteiger partial charge < -0.3 is 4.42 Å². The van der Waals surface area contributed by atoms with Gasteiger partial charge in [0.2, 0.25) is 0 Å². The third-order valence-corrected chi connectivity index (χ3v) is 3.11. The molecule has 1 aromatic carbocycles. The maximum Gasteiger partial charge on any atom is 0.339 e. The van der Waals surface area contributed by atoms with Gasteiger partial charge in [0.05, 0.1) is 0 Å². The van der Waals surface area contributed by atoms with E-state index >= 15 is 0 Å². The molecule has 0 N–H and O–H groups in total. The lowest BCUT2D eigenvalue weighted by molar-refractivity contribution is 0.552. The van der Waals surface area contributed by atoms with Crippen molar-refractivity contribution in [1.82, 2.24) is 4.98 Å². The fraction of sp³-hybridized carbons (Fsp3) is 0.0667. The summed E-state index contributed by atoms with van der Waals surface area (Å²) < 4.78 is 5.29. The summed E-state index contributed by atoms with van der Waals surface area (Å²) in [5.41, 5.74) is 1.83. The van der Waals surface area contributed by atoms with Crippen LogP contribution in [0, 0.1) is 0 Å². The predicted octanol–water partition coefficient (Wildman–Crippen LogP) is 3.43. The molecule has 0 aliphatic heterocycles. The molecular weight excluding hydrogens is 262 g/mol. The number of nitrogens with zero attached hydrogens (tertiary/aromatic N) is 1. The molecule has 3 rings (SSSR count). The third kappa shape index (κ3) is 2.51. The minimum atomic E-state index is -0.313. The number of hydrogen-bond donors (Lipinski definition) is 0. The first kappa shape index (κ1) is 11.9. The van der Waals surface area contributed by atoms with Gasteiger partial charge in [-0.15, -0.1) is 0 Å². The van der Waals surface area contributed by atoms with Crippen LogP contribution >= 0.6 is 11.6 Å². The molecule has 94 valence electrons. The minimum absolute atomic E-state index is 0.313. The summed E-state index contributed by atoms with van der Waals surface area (Å²) >= 11 is 5.83. The normalized spacial score (nSPS) is 10.8. The molecule has 0 radical (unpaired) electrons. The molecule has 0 fully saturated rings. The van der Waals surface area contributed by atoms with E-state index in [1.54, 1.807) is 18.3 Å². The second-order valence-electron chi connectivity index (χ2n) is 4.26. The van der Waals surface area contributed by atoms with Crippen LogP contribution in [0.5, 0.6) is 0 Å². The van der Waals surface area contributed by atoms with Crippen molar-refractivity contribution < 1.29 is 4.42 Å². The average molecular weight is 272 g/mol. The van der Waals surface area contributed by atoms with Gasteiger partial charge in [0.15, 0.2) is 0 Å². The summed E-state index contributed by atoms with van der Waals surface area (Å²) in [5, 5.41) is 1.33. The van der Waals surface area contributed by atoms with Crippen LogP contribution in [0.15, 0.2) is 57.9 Å². The van der Waals surface area contributed by atoms with Crippen molar-refractivity contribution in [2.24, 2.45) is 0 Å². The summed E-state index contributed by atoms with van der Waals surface area (Å²) in [6.07, 6.45) is 2.11. The molecular formula is C15H10ClNO2. The minimum Gasteiger partial charge on any atom is -0.423 e. The van der Waals surface area contributed by atoms with Crippen LogP contribution < -0.4 is 5.63 Å². The Balaban J connectivity index is 2.05. The smallest absolute Gasteiger partial charge is 0.339 e. The molecule has 0 bridgehead atoms. The van der Waals surface area contributed by atoms with Crippen molar-refractivity contribution in [1.29, 1.82) is 0 Å². The first-order valence-electron chi connectivity index (χ1n) is 5.84. The molecule has 0 amide bonds. The van der Waals surface area contributed by atoms with E-state index in [0.717, 1.165) is 10.9 Å². The zero-order valence-corrected chi connectivity index (χ0v) is 10.7. The molecule has 3 aromatic rings. The Morgan fingerprint density at radius 2 is 2.00 bits per heavy atom. The first-order valence-corrected chi connectivity index (χ1v) is 6.22. The molecule has 0 unspecified atom stereocenters. The zero-order valence-electron chi connectivity index (χ0n) is 9.97. The Bertz CT molecular complexity index is 795. The van der Waals surface area contributed by atoms with Crippen molar-refractivity contribution in [3.05, 3.63) is 75.4 Å². The zero-order chi connectivity index (χ0) is 13.2. The Hall–Kier alpha value is -2.13. The van der Waals surface area contributed by atoms with Crippen molar-refractivity contribution in [3.8, 4) is 0 Å². The molecule has 2 aromatic heterocycles. The Kier molecular flexibility index (Phi) is 3.05. The van der Waals surface area contributed by atoms with Crippen LogP contribution in [0.2, 0.25) is 5.15 Å². The molecule has 0 aliphatic rings. The van der Waals surface area contributed by atoms with Crippen LogP contribution in [-0.2, 0) is 6.42 Å². The van der Waals surface area contributed by atoms with Gasteiger partial charge in [-0.3, -0.25) is 0 Å². The van der Waals surface area contributed by atoms with Crippen LogP contribution in [0.25, 0.3) is 11.0 Å². The molecule has 3 nitrogen and oxygen atoms in total. The van der Waals surface area contributed by atoms with Gasteiger partial charge in [-0.2, -0.15) is 0 Å². The van der Waals surface area contributed by atoms with Gasteiger partial charge in [-0.05, 0) is 29.8 Å².